The van der Waals surface area contributed by atoms with E-state index in [1.54, 1.807) is 11.1 Å². The number of likely N-dealkylation sites (tertiary alicyclic amines) is 1. The normalized spacial score (nSPS) is 17.1. The Morgan fingerprint density at radius 3 is 2.67 bits per heavy atom. The first-order valence-corrected chi connectivity index (χ1v) is 9.60. The molecule has 1 aromatic heterocycles. The van der Waals surface area contributed by atoms with Crippen molar-refractivity contribution in [1.29, 1.82) is 0 Å². The number of rotatable bonds is 5. The molecule has 6 nitrogen and oxygen atoms in total. The molecule has 1 saturated heterocycles. The van der Waals surface area contributed by atoms with Crippen LogP contribution < -0.4 is 4.72 Å². The summed E-state index contributed by atoms with van der Waals surface area (Å²) in [7, 11) is -3.18. The predicted octanol–water partition coefficient (Wildman–Crippen LogP) is 1.39. The maximum Gasteiger partial charge on any atom is 0.265 e. The van der Waals surface area contributed by atoms with E-state index in [4.69, 9.17) is 0 Å². The van der Waals surface area contributed by atoms with Crippen LogP contribution in [-0.4, -0.2) is 49.1 Å². The van der Waals surface area contributed by atoms with Gasteiger partial charge in [0, 0.05) is 19.1 Å². The molecule has 21 heavy (non-hydrogen) atoms. The number of aromatic nitrogens is 1. The number of thiazole rings is 1. The number of nitrogens with one attached hydrogen (secondary N) is 1. The fraction of sp³-hybridized carbons (Fsp3) is 0.692. The van der Waals surface area contributed by atoms with Crippen LogP contribution in [0.4, 0.5) is 0 Å². The van der Waals surface area contributed by atoms with Crippen molar-refractivity contribution < 1.29 is 13.2 Å². The SMILES string of the molecule is CCCS(=O)(=O)NC1CCN(C(=O)c2cnc(C)s2)CC1. The summed E-state index contributed by atoms with van der Waals surface area (Å²) in [6, 6.07) is -0.0613. The van der Waals surface area contributed by atoms with E-state index >= 15 is 0 Å². The summed E-state index contributed by atoms with van der Waals surface area (Å²) in [5.74, 6) is 0.155. The lowest BCUT2D eigenvalue weighted by Crippen LogP contribution is -2.46. The molecule has 0 spiro atoms. The van der Waals surface area contributed by atoms with Crippen LogP contribution in [0.25, 0.3) is 0 Å². The molecule has 0 bridgehead atoms. The molecule has 0 atom stereocenters. The molecule has 1 aliphatic rings. The number of aryl methyl sites for hydroxylation is 1. The number of sulfonamides is 1. The Bertz CT molecular complexity index is 590. The molecule has 1 N–H and O–H groups in total. The van der Waals surface area contributed by atoms with Crippen LogP contribution in [0.15, 0.2) is 6.20 Å². The fourth-order valence-electron chi connectivity index (χ4n) is 2.40. The van der Waals surface area contributed by atoms with E-state index in [0.29, 0.717) is 37.2 Å². The van der Waals surface area contributed by atoms with E-state index in [1.807, 2.05) is 13.8 Å². The molecular formula is C13H21N3O3S2. The van der Waals surface area contributed by atoms with E-state index in [2.05, 4.69) is 9.71 Å². The van der Waals surface area contributed by atoms with E-state index < -0.39 is 10.0 Å². The zero-order valence-corrected chi connectivity index (χ0v) is 14.0. The largest absolute Gasteiger partial charge is 0.338 e. The Balaban J connectivity index is 1.87. The van der Waals surface area contributed by atoms with Crippen molar-refractivity contribution in [3.05, 3.63) is 16.1 Å². The highest BCUT2D eigenvalue weighted by Gasteiger charge is 2.26. The molecule has 118 valence electrons. The van der Waals surface area contributed by atoms with Gasteiger partial charge in [-0.25, -0.2) is 18.1 Å². The Labute approximate surface area is 129 Å². The van der Waals surface area contributed by atoms with Gasteiger partial charge in [-0.1, -0.05) is 6.92 Å². The van der Waals surface area contributed by atoms with Crippen molar-refractivity contribution in [2.75, 3.05) is 18.8 Å². The minimum absolute atomic E-state index is 0.00420. The highest BCUT2D eigenvalue weighted by Crippen LogP contribution is 2.18. The van der Waals surface area contributed by atoms with E-state index in [1.165, 1.54) is 11.3 Å². The zero-order chi connectivity index (χ0) is 15.5. The van der Waals surface area contributed by atoms with E-state index in [-0.39, 0.29) is 17.7 Å². The van der Waals surface area contributed by atoms with Crippen LogP contribution in [0.2, 0.25) is 0 Å². The first-order chi connectivity index (χ1) is 9.91. The Hall–Kier alpha value is -0.990. The van der Waals surface area contributed by atoms with Gasteiger partial charge in [0.1, 0.15) is 4.88 Å². The van der Waals surface area contributed by atoms with Crippen molar-refractivity contribution in [3.63, 3.8) is 0 Å². The number of carbonyl (C=O) groups is 1. The maximum absolute atomic E-state index is 12.3. The summed E-state index contributed by atoms with van der Waals surface area (Å²) in [6.07, 6.45) is 3.54. The van der Waals surface area contributed by atoms with Crippen molar-refractivity contribution >= 4 is 27.3 Å². The lowest BCUT2D eigenvalue weighted by atomic mass is 10.1. The summed E-state index contributed by atoms with van der Waals surface area (Å²) in [5, 5.41) is 0.876. The van der Waals surface area contributed by atoms with Crippen LogP contribution in [-0.2, 0) is 10.0 Å². The van der Waals surface area contributed by atoms with Gasteiger partial charge in [-0.2, -0.15) is 0 Å². The summed E-state index contributed by atoms with van der Waals surface area (Å²) in [6.45, 7) is 4.87. The van der Waals surface area contributed by atoms with Crippen molar-refractivity contribution in [1.82, 2.24) is 14.6 Å². The highest BCUT2D eigenvalue weighted by molar-refractivity contribution is 7.89. The van der Waals surface area contributed by atoms with Gasteiger partial charge in [-0.05, 0) is 26.2 Å². The Morgan fingerprint density at radius 2 is 2.14 bits per heavy atom. The second-order valence-corrected chi connectivity index (χ2v) is 8.35. The molecular weight excluding hydrogens is 310 g/mol. The van der Waals surface area contributed by atoms with Gasteiger partial charge in [-0.15, -0.1) is 11.3 Å². The second kappa shape index (κ2) is 6.85. The number of amides is 1. The molecule has 0 unspecified atom stereocenters. The smallest absolute Gasteiger partial charge is 0.265 e. The van der Waals surface area contributed by atoms with Gasteiger partial charge in [-0.3, -0.25) is 4.79 Å². The molecule has 1 fully saturated rings. The number of hydrogen-bond acceptors (Lipinski definition) is 5. The molecule has 1 aromatic rings. The minimum Gasteiger partial charge on any atom is -0.338 e. The first kappa shape index (κ1) is 16.4. The molecule has 8 heteroatoms. The Morgan fingerprint density at radius 1 is 1.48 bits per heavy atom. The monoisotopic (exact) mass is 331 g/mol. The average Bonchev–Trinajstić information content (AvgIpc) is 2.85. The molecule has 1 aliphatic heterocycles. The van der Waals surface area contributed by atoms with Crippen molar-refractivity contribution in [3.8, 4) is 0 Å². The van der Waals surface area contributed by atoms with Gasteiger partial charge in [0.2, 0.25) is 10.0 Å². The minimum atomic E-state index is -3.18. The molecule has 2 heterocycles. The maximum atomic E-state index is 12.3. The van der Waals surface area contributed by atoms with Crippen LogP contribution in [0.1, 0.15) is 40.9 Å². The molecule has 1 amide bonds. The average molecular weight is 331 g/mol. The third-order valence-electron chi connectivity index (χ3n) is 3.43. The van der Waals surface area contributed by atoms with Crippen molar-refractivity contribution in [2.45, 2.75) is 39.2 Å². The van der Waals surface area contributed by atoms with Crippen LogP contribution in [0, 0.1) is 6.92 Å². The Kier molecular flexibility index (Phi) is 5.34. The van der Waals surface area contributed by atoms with Crippen LogP contribution in [0.3, 0.4) is 0 Å². The van der Waals surface area contributed by atoms with Gasteiger partial charge in [0.15, 0.2) is 0 Å². The summed E-state index contributed by atoms with van der Waals surface area (Å²) in [5.41, 5.74) is 0. The third-order valence-corrected chi connectivity index (χ3v) is 5.97. The van der Waals surface area contributed by atoms with Crippen molar-refractivity contribution in [2.24, 2.45) is 0 Å². The predicted molar refractivity (Wildman–Crippen MR) is 83.0 cm³/mol. The molecule has 0 aliphatic carbocycles. The summed E-state index contributed by atoms with van der Waals surface area (Å²) in [4.78, 5) is 18.8. The summed E-state index contributed by atoms with van der Waals surface area (Å²) < 4.78 is 26.2. The second-order valence-electron chi connectivity index (χ2n) is 5.25. The number of nitrogens with zero attached hydrogens (tertiary/aromatic N) is 2. The van der Waals surface area contributed by atoms with Gasteiger partial charge in [0.25, 0.3) is 5.91 Å². The number of carbonyl (C=O) groups excluding carboxylic acids is 1. The molecule has 0 saturated carbocycles. The third kappa shape index (κ3) is 4.49. The number of hydrogen-bond donors (Lipinski definition) is 1. The lowest BCUT2D eigenvalue weighted by molar-refractivity contribution is 0.0716. The van der Waals surface area contributed by atoms with Crippen LogP contribution >= 0.6 is 11.3 Å². The van der Waals surface area contributed by atoms with Crippen LogP contribution in [0.5, 0.6) is 0 Å². The van der Waals surface area contributed by atoms with E-state index in [0.717, 1.165) is 5.01 Å². The highest BCUT2D eigenvalue weighted by atomic mass is 32.2. The standard InChI is InChI=1S/C13H21N3O3S2/c1-3-8-21(18,19)15-11-4-6-16(7-5-11)13(17)12-9-14-10(2)20-12/h9,11,15H,3-8H2,1-2H3. The van der Waals surface area contributed by atoms with Gasteiger partial charge >= 0.3 is 0 Å². The van der Waals surface area contributed by atoms with E-state index in [9.17, 15) is 13.2 Å². The molecule has 0 radical (unpaired) electrons. The van der Waals surface area contributed by atoms with Gasteiger partial charge in [0.05, 0.1) is 17.0 Å². The zero-order valence-electron chi connectivity index (χ0n) is 12.3. The first-order valence-electron chi connectivity index (χ1n) is 7.13. The molecule has 2 rings (SSSR count). The number of piperidine rings is 1. The fourth-order valence-corrected chi connectivity index (χ4v) is 4.54. The van der Waals surface area contributed by atoms with Gasteiger partial charge < -0.3 is 4.90 Å². The topological polar surface area (TPSA) is 79.4 Å². The molecule has 0 aromatic carbocycles. The lowest BCUT2D eigenvalue weighted by Gasteiger charge is -2.31. The quantitative estimate of drug-likeness (QED) is 0.884. The summed E-state index contributed by atoms with van der Waals surface area (Å²) >= 11 is 1.39.